The lowest BCUT2D eigenvalue weighted by molar-refractivity contribution is 0.0676. The largest absolute Gasteiger partial charge is 0.338 e. The van der Waals surface area contributed by atoms with Gasteiger partial charge in [-0.05, 0) is 56.6 Å². The van der Waals surface area contributed by atoms with E-state index in [0.29, 0.717) is 22.0 Å². The molecular formula is C17H20ClN3O. The molecule has 0 spiro atoms. The maximum absolute atomic E-state index is 12.9. The SMILES string of the molecule is CNC[C@H]1CCCN(C(=O)c2ccc(Cl)c3cccnc23)C1. The van der Waals surface area contributed by atoms with Gasteiger partial charge in [0.25, 0.3) is 5.91 Å². The molecule has 4 nitrogen and oxygen atoms in total. The zero-order valence-corrected chi connectivity index (χ0v) is 13.4. The van der Waals surface area contributed by atoms with E-state index in [2.05, 4.69) is 10.3 Å². The average Bonchev–Trinajstić information content (AvgIpc) is 2.55. The topological polar surface area (TPSA) is 45.2 Å². The Bertz CT molecular complexity index is 687. The number of aromatic nitrogens is 1. The number of nitrogens with zero attached hydrogens (tertiary/aromatic N) is 2. The first-order valence-electron chi connectivity index (χ1n) is 7.68. The molecule has 1 aliphatic rings. The number of amides is 1. The van der Waals surface area contributed by atoms with Gasteiger partial charge in [0.1, 0.15) is 0 Å². The zero-order chi connectivity index (χ0) is 15.5. The molecule has 22 heavy (non-hydrogen) atoms. The fraction of sp³-hybridized carbons (Fsp3) is 0.412. The Morgan fingerprint density at radius 2 is 2.32 bits per heavy atom. The summed E-state index contributed by atoms with van der Waals surface area (Å²) in [6.07, 6.45) is 3.93. The molecule has 1 atom stereocenters. The van der Waals surface area contributed by atoms with Crippen molar-refractivity contribution in [1.29, 1.82) is 0 Å². The molecule has 1 saturated heterocycles. The first-order valence-corrected chi connectivity index (χ1v) is 8.05. The van der Waals surface area contributed by atoms with Crippen molar-refractivity contribution in [2.45, 2.75) is 12.8 Å². The number of hydrogen-bond acceptors (Lipinski definition) is 3. The van der Waals surface area contributed by atoms with Crippen LogP contribution in [0.15, 0.2) is 30.5 Å². The number of likely N-dealkylation sites (tertiary alicyclic amines) is 1. The number of carbonyl (C=O) groups excluding carboxylic acids is 1. The smallest absolute Gasteiger partial charge is 0.256 e. The van der Waals surface area contributed by atoms with Gasteiger partial charge in [0.05, 0.1) is 16.1 Å². The van der Waals surface area contributed by atoms with E-state index in [9.17, 15) is 4.79 Å². The second-order valence-electron chi connectivity index (χ2n) is 5.81. The van der Waals surface area contributed by atoms with Crippen LogP contribution in [0.3, 0.4) is 0 Å². The Morgan fingerprint density at radius 1 is 1.45 bits per heavy atom. The van der Waals surface area contributed by atoms with E-state index >= 15 is 0 Å². The lowest BCUT2D eigenvalue weighted by Gasteiger charge is -2.33. The molecule has 3 rings (SSSR count). The van der Waals surface area contributed by atoms with Crippen LogP contribution < -0.4 is 5.32 Å². The van der Waals surface area contributed by atoms with E-state index < -0.39 is 0 Å². The second kappa shape index (κ2) is 6.63. The third kappa shape index (κ3) is 2.94. The van der Waals surface area contributed by atoms with Crippen LogP contribution in [-0.2, 0) is 0 Å². The summed E-state index contributed by atoms with van der Waals surface area (Å²) in [5, 5.41) is 4.67. The standard InChI is InChI=1S/C17H20ClN3O/c1-19-10-12-4-3-9-21(11-12)17(22)14-6-7-15(18)13-5-2-8-20-16(13)14/h2,5-8,12,19H,3-4,9-11H2,1H3/t12-/m1/s1. The minimum absolute atomic E-state index is 0.0566. The molecular weight excluding hydrogens is 298 g/mol. The highest BCUT2D eigenvalue weighted by atomic mass is 35.5. The van der Waals surface area contributed by atoms with Crippen molar-refractivity contribution in [3.63, 3.8) is 0 Å². The highest BCUT2D eigenvalue weighted by molar-refractivity contribution is 6.36. The van der Waals surface area contributed by atoms with Crippen LogP contribution in [0.4, 0.5) is 0 Å². The summed E-state index contributed by atoms with van der Waals surface area (Å²) in [5.41, 5.74) is 1.33. The summed E-state index contributed by atoms with van der Waals surface area (Å²) in [4.78, 5) is 19.2. The molecule has 0 aliphatic carbocycles. The average molecular weight is 318 g/mol. The molecule has 1 aromatic heterocycles. The van der Waals surface area contributed by atoms with E-state index in [0.717, 1.165) is 31.4 Å². The van der Waals surface area contributed by atoms with Gasteiger partial charge in [0.15, 0.2) is 0 Å². The van der Waals surface area contributed by atoms with E-state index in [1.54, 1.807) is 18.3 Å². The van der Waals surface area contributed by atoms with E-state index in [1.165, 1.54) is 6.42 Å². The third-order valence-electron chi connectivity index (χ3n) is 4.25. The van der Waals surface area contributed by atoms with Crippen LogP contribution in [0.2, 0.25) is 5.02 Å². The molecule has 1 fully saturated rings. The molecule has 1 aromatic carbocycles. The van der Waals surface area contributed by atoms with Gasteiger partial charge in [-0.25, -0.2) is 0 Å². The van der Waals surface area contributed by atoms with E-state index in [-0.39, 0.29) is 5.91 Å². The molecule has 2 heterocycles. The summed E-state index contributed by atoms with van der Waals surface area (Å²) >= 11 is 6.21. The van der Waals surface area contributed by atoms with Crippen LogP contribution in [0.25, 0.3) is 10.9 Å². The van der Waals surface area contributed by atoms with Gasteiger partial charge < -0.3 is 10.2 Å². The molecule has 5 heteroatoms. The lowest BCUT2D eigenvalue weighted by Crippen LogP contribution is -2.42. The molecule has 1 aliphatic heterocycles. The Labute approximate surface area is 135 Å². The number of hydrogen-bond donors (Lipinski definition) is 1. The first kappa shape index (κ1) is 15.3. The van der Waals surface area contributed by atoms with Gasteiger partial charge in [0.2, 0.25) is 0 Å². The number of nitrogens with one attached hydrogen (secondary N) is 1. The van der Waals surface area contributed by atoms with Crippen LogP contribution in [0, 0.1) is 5.92 Å². The minimum atomic E-state index is 0.0566. The van der Waals surface area contributed by atoms with Gasteiger partial charge in [0, 0.05) is 24.7 Å². The van der Waals surface area contributed by atoms with Gasteiger partial charge >= 0.3 is 0 Å². The van der Waals surface area contributed by atoms with Crippen LogP contribution in [0.1, 0.15) is 23.2 Å². The summed E-state index contributed by atoms with van der Waals surface area (Å²) < 4.78 is 0. The Kier molecular flexibility index (Phi) is 4.60. The van der Waals surface area contributed by atoms with Gasteiger partial charge in [-0.2, -0.15) is 0 Å². The van der Waals surface area contributed by atoms with Crippen molar-refractivity contribution < 1.29 is 4.79 Å². The van der Waals surface area contributed by atoms with Crippen molar-refractivity contribution in [3.8, 4) is 0 Å². The Hall–Kier alpha value is -1.65. The van der Waals surface area contributed by atoms with Crippen LogP contribution in [-0.4, -0.2) is 42.5 Å². The lowest BCUT2D eigenvalue weighted by atomic mass is 9.97. The number of rotatable bonds is 3. The van der Waals surface area contributed by atoms with Crippen molar-refractivity contribution in [2.24, 2.45) is 5.92 Å². The third-order valence-corrected chi connectivity index (χ3v) is 4.58. The van der Waals surface area contributed by atoms with Crippen molar-refractivity contribution in [1.82, 2.24) is 15.2 Å². The zero-order valence-electron chi connectivity index (χ0n) is 12.7. The maximum Gasteiger partial charge on any atom is 0.256 e. The fourth-order valence-electron chi connectivity index (χ4n) is 3.19. The molecule has 0 unspecified atom stereocenters. The molecule has 0 radical (unpaired) electrons. The summed E-state index contributed by atoms with van der Waals surface area (Å²) in [6, 6.07) is 7.32. The quantitative estimate of drug-likeness (QED) is 0.946. The predicted octanol–water partition coefficient (Wildman–Crippen LogP) is 2.96. The summed E-state index contributed by atoms with van der Waals surface area (Å²) in [6.45, 7) is 2.57. The maximum atomic E-state index is 12.9. The minimum Gasteiger partial charge on any atom is -0.338 e. The first-order chi connectivity index (χ1) is 10.7. The van der Waals surface area contributed by atoms with Crippen molar-refractivity contribution in [3.05, 3.63) is 41.0 Å². The number of pyridine rings is 1. The highest BCUT2D eigenvalue weighted by Crippen LogP contribution is 2.27. The second-order valence-corrected chi connectivity index (χ2v) is 6.22. The number of benzene rings is 1. The molecule has 1 amide bonds. The Morgan fingerprint density at radius 3 is 3.14 bits per heavy atom. The monoisotopic (exact) mass is 317 g/mol. The number of fused-ring (bicyclic) bond motifs is 1. The van der Waals surface area contributed by atoms with Crippen molar-refractivity contribution in [2.75, 3.05) is 26.7 Å². The van der Waals surface area contributed by atoms with Crippen LogP contribution in [0.5, 0.6) is 0 Å². The number of halogens is 1. The van der Waals surface area contributed by atoms with Gasteiger partial charge in [-0.1, -0.05) is 11.6 Å². The van der Waals surface area contributed by atoms with Gasteiger partial charge in [-0.15, -0.1) is 0 Å². The molecule has 0 bridgehead atoms. The van der Waals surface area contributed by atoms with Gasteiger partial charge in [-0.3, -0.25) is 9.78 Å². The molecule has 0 saturated carbocycles. The number of piperidine rings is 1. The highest BCUT2D eigenvalue weighted by Gasteiger charge is 2.25. The molecule has 1 N–H and O–H groups in total. The van der Waals surface area contributed by atoms with E-state index in [4.69, 9.17) is 11.6 Å². The Balaban J connectivity index is 1.91. The normalized spacial score (nSPS) is 18.6. The number of carbonyl (C=O) groups is 1. The summed E-state index contributed by atoms with van der Waals surface area (Å²) in [5.74, 6) is 0.579. The molecule has 2 aromatic rings. The van der Waals surface area contributed by atoms with E-state index in [1.807, 2.05) is 24.1 Å². The van der Waals surface area contributed by atoms with Crippen LogP contribution >= 0.6 is 11.6 Å². The summed E-state index contributed by atoms with van der Waals surface area (Å²) in [7, 11) is 1.96. The predicted molar refractivity (Wildman–Crippen MR) is 89.3 cm³/mol. The van der Waals surface area contributed by atoms with Crippen molar-refractivity contribution >= 4 is 28.4 Å². The molecule has 116 valence electrons. The fourth-order valence-corrected chi connectivity index (χ4v) is 3.40.